The van der Waals surface area contributed by atoms with E-state index >= 15 is 0 Å². The number of nitrogens with one attached hydrogen (secondary N) is 1. The Hall–Kier alpha value is -2.34. The van der Waals surface area contributed by atoms with Crippen molar-refractivity contribution in [1.29, 1.82) is 0 Å². The molecule has 0 atom stereocenters. The lowest BCUT2D eigenvalue weighted by Gasteiger charge is -2.08. The Bertz CT molecular complexity index is 1150. The summed E-state index contributed by atoms with van der Waals surface area (Å²) < 4.78 is 0. The van der Waals surface area contributed by atoms with Crippen molar-refractivity contribution in [2.75, 3.05) is 11.1 Å². The molecule has 0 spiro atoms. The van der Waals surface area contributed by atoms with E-state index in [-0.39, 0.29) is 5.91 Å². The van der Waals surface area contributed by atoms with Gasteiger partial charge < -0.3 is 5.32 Å². The van der Waals surface area contributed by atoms with Crippen molar-refractivity contribution in [3.63, 3.8) is 0 Å². The van der Waals surface area contributed by atoms with Crippen LogP contribution in [0.1, 0.15) is 12.5 Å². The number of amides is 1. The minimum absolute atomic E-state index is 0.0821. The van der Waals surface area contributed by atoms with E-state index in [9.17, 15) is 4.79 Å². The van der Waals surface area contributed by atoms with Crippen LogP contribution in [0.15, 0.2) is 70.9 Å². The molecule has 0 aliphatic heterocycles. The summed E-state index contributed by atoms with van der Waals surface area (Å²) in [6.07, 6.45) is 1.01. The molecule has 0 saturated heterocycles. The third-order valence-corrected chi connectivity index (χ3v) is 6.71. The van der Waals surface area contributed by atoms with Crippen LogP contribution in [0, 0.1) is 0 Å². The number of hydrogen-bond acceptors (Lipinski definition) is 4. The number of aryl methyl sites for hydroxylation is 1. The SMILES string of the molecule is CCc1ccc(-c2csc(NC(=O)CSc3cccc4cccc(Cl)c34)n2)cc1. The van der Waals surface area contributed by atoms with Crippen LogP contribution >= 0.6 is 34.7 Å². The summed E-state index contributed by atoms with van der Waals surface area (Å²) in [4.78, 5) is 18.0. The first-order valence-corrected chi connectivity index (χ1v) is 11.5. The Morgan fingerprint density at radius 2 is 1.86 bits per heavy atom. The van der Waals surface area contributed by atoms with Crippen molar-refractivity contribution in [2.24, 2.45) is 0 Å². The van der Waals surface area contributed by atoms with Gasteiger partial charge in [-0.05, 0) is 29.5 Å². The van der Waals surface area contributed by atoms with Gasteiger partial charge in [-0.2, -0.15) is 0 Å². The van der Waals surface area contributed by atoms with Gasteiger partial charge in [0.25, 0.3) is 0 Å². The number of aromatic nitrogens is 1. The van der Waals surface area contributed by atoms with Gasteiger partial charge >= 0.3 is 0 Å². The number of carbonyl (C=O) groups is 1. The van der Waals surface area contributed by atoms with E-state index in [0.717, 1.165) is 33.3 Å². The number of halogens is 1. The first-order valence-electron chi connectivity index (χ1n) is 9.29. The predicted octanol–water partition coefficient (Wildman–Crippen LogP) is 6.91. The molecule has 0 unspecified atom stereocenters. The molecule has 0 radical (unpaired) electrons. The molecule has 1 N–H and O–H groups in total. The van der Waals surface area contributed by atoms with E-state index in [4.69, 9.17) is 11.6 Å². The molecule has 3 nitrogen and oxygen atoms in total. The number of thioether (sulfide) groups is 1. The summed E-state index contributed by atoms with van der Waals surface area (Å²) in [6, 6.07) is 20.2. The van der Waals surface area contributed by atoms with Crippen molar-refractivity contribution >= 4 is 56.5 Å². The van der Waals surface area contributed by atoms with E-state index in [1.165, 1.54) is 28.7 Å². The molecule has 29 heavy (non-hydrogen) atoms. The molecular formula is C23H19ClN2OS2. The lowest BCUT2D eigenvalue weighted by molar-refractivity contribution is -0.113. The summed E-state index contributed by atoms with van der Waals surface area (Å²) >= 11 is 9.28. The summed E-state index contributed by atoms with van der Waals surface area (Å²) in [7, 11) is 0. The second-order valence-corrected chi connectivity index (χ2v) is 8.80. The first-order chi connectivity index (χ1) is 14.1. The van der Waals surface area contributed by atoms with Gasteiger partial charge in [-0.15, -0.1) is 23.1 Å². The molecule has 4 aromatic rings. The fourth-order valence-electron chi connectivity index (χ4n) is 3.06. The smallest absolute Gasteiger partial charge is 0.236 e. The van der Waals surface area contributed by atoms with E-state index in [1.807, 2.05) is 41.8 Å². The summed E-state index contributed by atoms with van der Waals surface area (Å²) in [6.45, 7) is 2.13. The van der Waals surface area contributed by atoms with Crippen molar-refractivity contribution in [3.05, 3.63) is 76.6 Å². The van der Waals surface area contributed by atoms with Gasteiger partial charge in [0.05, 0.1) is 11.4 Å². The molecule has 0 saturated carbocycles. The second-order valence-electron chi connectivity index (χ2n) is 6.52. The van der Waals surface area contributed by atoms with Crippen LogP contribution in [0.3, 0.4) is 0 Å². The summed E-state index contributed by atoms with van der Waals surface area (Å²) in [5.41, 5.74) is 3.23. The molecule has 1 aromatic heterocycles. The van der Waals surface area contributed by atoms with E-state index in [2.05, 4.69) is 41.5 Å². The standard InChI is InChI=1S/C23H19ClN2OS2/c1-2-15-9-11-16(12-10-15)19-13-29-23(25-19)26-21(27)14-28-20-8-4-6-17-5-3-7-18(24)22(17)20/h3-13H,2,14H2,1H3,(H,25,26,27). The molecule has 0 aliphatic carbocycles. The van der Waals surface area contributed by atoms with E-state index in [0.29, 0.717) is 15.9 Å². The fourth-order valence-corrected chi connectivity index (χ4v) is 5.04. The largest absolute Gasteiger partial charge is 0.301 e. The number of nitrogens with zero attached hydrogens (tertiary/aromatic N) is 1. The molecule has 0 fully saturated rings. The quantitative estimate of drug-likeness (QED) is 0.332. The van der Waals surface area contributed by atoms with Gasteiger partial charge in [0, 0.05) is 26.2 Å². The van der Waals surface area contributed by atoms with E-state index < -0.39 is 0 Å². The Labute approximate surface area is 183 Å². The number of hydrogen-bond donors (Lipinski definition) is 1. The highest BCUT2D eigenvalue weighted by molar-refractivity contribution is 8.00. The third kappa shape index (κ3) is 4.64. The second kappa shape index (κ2) is 8.99. The van der Waals surface area contributed by atoms with Crippen LogP contribution in [0.25, 0.3) is 22.0 Å². The molecule has 3 aromatic carbocycles. The lowest BCUT2D eigenvalue weighted by Crippen LogP contribution is -2.13. The topological polar surface area (TPSA) is 42.0 Å². The van der Waals surface area contributed by atoms with Gasteiger partial charge in [0.15, 0.2) is 5.13 Å². The number of benzene rings is 3. The zero-order valence-electron chi connectivity index (χ0n) is 15.8. The van der Waals surface area contributed by atoms with E-state index in [1.54, 1.807) is 0 Å². The number of carbonyl (C=O) groups excluding carboxylic acids is 1. The van der Waals surface area contributed by atoms with Crippen LogP contribution in [-0.2, 0) is 11.2 Å². The zero-order valence-corrected chi connectivity index (χ0v) is 18.2. The lowest BCUT2D eigenvalue weighted by atomic mass is 10.1. The van der Waals surface area contributed by atoms with Crippen LogP contribution < -0.4 is 5.32 Å². The summed E-state index contributed by atoms with van der Waals surface area (Å²) in [5, 5.41) is 8.24. The highest BCUT2D eigenvalue weighted by atomic mass is 35.5. The van der Waals surface area contributed by atoms with Gasteiger partial charge in [-0.3, -0.25) is 4.79 Å². The van der Waals surface area contributed by atoms with Gasteiger partial charge in [0.2, 0.25) is 5.91 Å². The molecular weight excluding hydrogens is 420 g/mol. The Kier molecular flexibility index (Phi) is 6.19. The Balaban J connectivity index is 1.41. The van der Waals surface area contributed by atoms with Gasteiger partial charge in [-0.1, -0.05) is 67.1 Å². The molecule has 1 heterocycles. The van der Waals surface area contributed by atoms with Gasteiger partial charge in [-0.25, -0.2) is 4.98 Å². The molecule has 146 valence electrons. The summed E-state index contributed by atoms with van der Waals surface area (Å²) in [5.74, 6) is 0.214. The highest BCUT2D eigenvalue weighted by Crippen LogP contribution is 2.33. The maximum absolute atomic E-state index is 12.4. The average molecular weight is 439 g/mol. The maximum Gasteiger partial charge on any atom is 0.236 e. The van der Waals surface area contributed by atoms with Crippen LogP contribution in [-0.4, -0.2) is 16.6 Å². The monoisotopic (exact) mass is 438 g/mol. The molecule has 1 amide bonds. The number of thiazole rings is 1. The molecule has 0 bridgehead atoms. The van der Waals surface area contributed by atoms with Gasteiger partial charge in [0.1, 0.15) is 0 Å². The minimum Gasteiger partial charge on any atom is -0.301 e. The van der Waals surface area contributed by atoms with Crippen LogP contribution in [0.5, 0.6) is 0 Å². The highest BCUT2D eigenvalue weighted by Gasteiger charge is 2.11. The molecule has 0 aliphatic rings. The van der Waals surface area contributed by atoms with Crippen molar-refractivity contribution in [3.8, 4) is 11.3 Å². The molecule has 4 rings (SSSR count). The average Bonchev–Trinajstić information content (AvgIpc) is 3.21. The maximum atomic E-state index is 12.4. The Morgan fingerprint density at radius 3 is 2.62 bits per heavy atom. The van der Waals surface area contributed by atoms with Crippen molar-refractivity contribution < 1.29 is 4.79 Å². The van der Waals surface area contributed by atoms with Crippen LogP contribution in [0.4, 0.5) is 5.13 Å². The third-order valence-electron chi connectivity index (χ3n) is 4.58. The minimum atomic E-state index is -0.0821. The van der Waals surface area contributed by atoms with Crippen molar-refractivity contribution in [1.82, 2.24) is 4.98 Å². The first kappa shape index (κ1) is 20.0. The van der Waals surface area contributed by atoms with Crippen molar-refractivity contribution in [2.45, 2.75) is 18.2 Å². The van der Waals surface area contributed by atoms with Crippen LogP contribution in [0.2, 0.25) is 5.02 Å². The zero-order chi connectivity index (χ0) is 20.2. The number of rotatable bonds is 6. The predicted molar refractivity (Wildman–Crippen MR) is 125 cm³/mol. The number of fused-ring (bicyclic) bond motifs is 1. The normalized spacial score (nSPS) is 11.0. The number of anilines is 1. The molecule has 6 heteroatoms. The fraction of sp³-hybridized carbons (Fsp3) is 0.130. The Morgan fingerprint density at radius 1 is 1.10 bits per heavy atom.